The molecule has 0 radical (unpaired) electrons. The van der Waals surface area contributed by atoms with Crippen LogP contribution in [0.1, 0.15) is 55.7 Å². The molecule has 3 aliphatic rings. The van der Waals surface area contributed by atoms with Gasteiger partial charge in [0.05, 0.1) is 12.2 Å². The molecule has 3 heteroatoms. The zero-order valence-corrected chi connectivity index (χ0v) is 12.6. The van der Waals surface area contributed by atoms with Gasteiger partial charge in [-0.05, 0) is 48.8 Å². The standard InChI is InChI=1S/C18H25NO2/c19-17(14-3-4-16-13(11-14)5-9-20-16)15-6-10-21-18(12-15)7-1-2-8-18/h3-4,11,15,17H,1-2,5-10,12,19H2. The van der Waals surface area contributed by atoms with Crippen molar-refractivity contribution in [2.24, 2.45) is 11.7 Å². The van der Waals surface area contributed by atoms with E-state index < -0.39 is 0 Å². The van der Waals surface area contributed by atoms with Crippen LogP contribution in [0.5, 0.6) is 5.75 Å². The molecule has 1 aliphatic carbocycles. The normalized spacial score (nSPS) is 28.3. The summed E-state index contributed by atoms with van der Waals surface area (Å²) in [6.45, 7) is 1.70. The van der Waals surface area contributed by atoms with E-state index in [1.807, 2.05) is 0 Å². The minimum atomic E-state index is 0.136. The van der Waals surface area contributed by atoms with Gasteiger partial charge in [-0.15, -0.1) is 0 Å². The lowest BCUT2D eigenvalue weighted by molar-refractivity contribution is -0.0963. The lowest BCUT2D eigenvalue weighted by atomic mass is 9.78. The Kier molecular flexibility index (Phi) is 3.43. The van der Waals surface area contributed by atoms with Crippen molar-refractivity contribution < 1.29 is 9.47 Å². The van der Waals surface area contributed by atoms with Crippen molar-refractivity contribution in [2.45, 2.75) is 56.6 Å². The highest BCUT2D eigenvalue weighted by atomic mass is 16.5. The molecule has 2 atom stereocenters. The van der Waals surface area contributed by atoms with E-state index >= 15 is 0 Å². The number of hydrogen-bond donors (Lipinski definition) is 1. The molecule has 2 N–H and O–H groups in total. The van der Waals surface area contributed by atoms with Gasteiger partial charge >= 0.3 is 0 Å². The highest BCUT2D eigenvalue weighted by Gasteiger charge is 2.41. The molecule has 3 nitrogen and oxygen atoms in total. The summed E-state index contributed by atoms with van der Waals surface area (Å²) in [6, 6.07) is 6.66. The molecule has 1 aromatic rings. The fraction of sp³-hybridized carbons (Fsp3) is 0.667. The zero-order chi connectivity index (χ0) is 14.3. The molecule has 0 bridgehead atoms. The maximum atomic E-state index is 6.62. The van der Waals surface area contributed by atoms with Crippen molar-refractivity contribution in [3.8, 4) is 5.75 Å². The topological polar surface area (TPSA) is 44.5 Å². The van der Waals surface area contributed by atoms with Crippen LogP contribution >= 0.6 is 0 Å². The minimum absolute atomic E-state index is 0.136. The summed E-state index contributed by atoms with van der Waals surface area (Å²) < 4.78 is 11.7. The third kappa shape index (κ3) is 2.47. The van der Waals surface area contributed by atoms with E-state index in [-0.39, 0.29) is 11.6 Å². The highest BCUT2D eigenvalue weighted by molar-refractivity contribution is 5.40. The first kappa shape index (κ1) is 13.6. The van der Waals surface area contributed by atoms with Gasteiger partial charge in [0, 0.05) is 19.1 Å². The van der Waals surface area contributed by atoms with E-state index in [1.165, 1.54) is 36.8 Å². The summed E-state index contributed by atoms with van der Waals surface area (Å²) in [7, 11) is 0. The molecule has 2 heterocycles. The molecule has 0 aromatic heterocycles. The Morgan fingerprint density at radius 2 is 2.05 bits per heavy atom. The van der Waals surface area contributed by atoms with Crippen molar-refractivity contribution in [2.75, 3.05) is 13.2 Å². The van der Waals surface area contributed by atoms with Crippen LogP contribution in [0.3, 0.4) is 0 Å². The maximum absolute atomic E-state index is 6.62. The van der Waals surface area contributed by atoms with Crippen molar-refractivity contribution in [1.82, 2.24) is 0 Å². The number of hydrogen-bond acceptors (Lipinski definition) is 3. The molecule has 4 rings (SSSR count). The first-order valence-corrected chi connectivity index (χ1v) is 8.41. The van der Waals surface area contributed by atoms with Crippen LogP contribution in [0.2, 0.25) is 0 Å². The van der Waals surface area contributed by atoms with Crippen molar-refractivity contribution in [1.29, 1.82) is 0 Å². The number of fused-ring (bicyclic) bond motifs is 1. The van der Waals surface area contributed by atoms with Gasteiger partial charge < -0.3 is 15.2 Å². The smallest absolute Gasteiger partial charge is 0.122 e. The second-order valence-corrected chi connectivity index (χ2v) is 6.98. The third-order valence-corrected chi connectivity index (χ3v) is 5.65. The van der Waals surface area contributed by atoms with Gasteiger partial charge in [0.25, 0.3) is 0 Å². The van der Waals surface area contributed by atoms with Crippen LogP contribution in [0.4, 0.5) is 0 Å². The predicted molar refractivity (Wildman–Crippen MR) is 82.4 cm³/mol. The predicted octanol–water partition coefficient (Wildman–Crippen LogP) is 3.36. The average Bonchev–Trinajstić information content (AvgIpc) is 3.15. The van der Waals surface area contributed by atoms with Crippen molar-refractivity contribution in [3.63, 3.8) is 0 Å². The van der Waals surface area contributed by atoms with Gasteiger partial charge in [-0.1, -0.05) is 25.0 Å². The fourth-order valence-corrected chi connectivity index (χ4v) is 4.43. The van der Waals surface area contributed by atoms with E-state index in [4.69, 9.17) is 15.2 Å². The molecule has 2 aliphatic heterocycles. The van der Waals surface area contributed by atoms with Gasteiger partial charge in [0.2, 0.25) is 0 Å². The van der Waals surface area contributed by atoms with Crippen LogP contribution in [-0.2, 0) is 11.2 Å². The minimum Gasteiger partial charge on any atom is -0.493 e. The monoisotopic (exact) mass is 287 g/mol. The van der Waals surface area contributed by atoms with Crippen LogP contribution in [0.25, 0.3) is 0 Å². The molecule has 0 amide bonds. The highest BCUT2D eigenvalue weighted by Crippen LogP contribution is 2.45. The molecule has 1 aromatic carbocycles. The summed E-state index contributed by atoms with van der Waals surface area (Å²) in [4.78, 5) is 0. The number of nitrogens with two attached hydrogens (primary N) is 1. The first-order valence-electron chi connectivity index (χ1n) is 8.41. The SMILES string of the molecule is NC(c1ccc2c(c1)CCO2)C1CCOC2(CCCC2)C1. The first-order chi connectivity index (χ1) is 10.3. The molecule has 114 valence electrons. The lowest BCUT2D eigenvalue weighted by Gasteiger charge is -2.40. The Hall–Kier alpha value is -1.06. The molecule has 1 saturated carbocycles. The van der Waals surface area contributed by atoms with Crippen molar-refractivity contribution >= 4 is 0 Å². The second kappa shape index (κ2) is 5.29. The fourth-order valence-electron chi connectivity index (χ4n) is 4.43. The Morgan fingerprint density at radius 3 is 2.90 bits per heavy atom. The van der Waals surface area contributed by atoms with Gasteiger partial charge in [-0.2, -0.15) is 0 Å². The Balaban J connectivity index is 1.52. The zero-order valence-electron chi connectivity index (χ0n) is 12.6. The molecule has 2 unspecified atom stereocenters. The van der Waals surface area contributed by atoms with E-state index in [2.05, 4.69) is 18.2 Å². The molecular weight excluding hydrogens is 262 g/mol. The van der Waals surface area contributed by atoms with Gasteiger partial charge in [-0.25, -0.2) is 0 Å². The second-order valence-electron chi connectivity index (χ2n) is 6.98. The molecule has 2 fully saturated rings. The average molecular weight is 287 g/mol. The summed E-state index contributed by atoms with van der Waals surface area (Å²) >= 11 is 0. The Bertz CT molecular complexity index is 522. The van der Waals surface area contributed by atoms with E-state index in [9.17, 15) is 0 Å². The molecule has 1 spiro atoms. The largest absolute Gasteiger partial charge is 0.493 e. The molecule has 1 saturated heterocycles. The summed E-state index contributed by atoms with van der Waals surface area (Å²) in [5.74, 6) is 1.60. The number of benzene rings is 1. The van der Waals surface area contributed by atoms with Crippen LogP contribution in [-0.4, -0.2) is 18.8 Å². The summed E-state index contributed by atoms with van der Waals surface area (Å²) in [6.07, 6.45) is 8.35. The Morgan fingerprint density at radius 1 is 1.19 bits per heavy atom. The van der Waals surface area contributed by atoms with Gasteiger partial charge in [0.1, 0.15) is 5.75 Å². The van der Waals surface area contributed by atoms with E-state index in [0.717, 1.165) is 38.2 Å². The summed E-state index contributed by atoms with van der Waals surface area (Å²) in [5, 5.41) is 0. The number of rotatable bonds is 2. The van der Waals surface area contributed by atoms with E-state index in [0.29, 0.717) is 5.92 Å². The van der Waals surface area contributed by atoms with Crippen molar-refractivity contribution in [3.05, 3.63) is 29.3 Å². The summed E-state index contributed by atoms with van der Waals surface area (Å²) in [5.41, 5.74) is 9.37. The quantitative estimate of drug-likeness (QED) is 0.907. The van der Waals surface area contributed by atoms with Gasteiger partial charge in [0.15, 0.2) is 0 Å². The van der Waals surface area contributed by atoms with Crippen LogP contribution < -0.4 is 10.5 Å². The van der Waals surface area contributed by atoms with Crippen LogP contribution in [0, 0.1) is 5.92 Å². The lowest BCUT2D eigenvalue weighted by Crippen LogP contribution is -2.40. The molecule has 21 heavy (non-hydrogen) atoms. The maximum Gasteiger partial charge on any atom is 0.122 e. The van der Waals surface area contributed by atoms with Crippen LogP contribution in [0.15, 0.2) is 18.2 Å². The number of ether oxygens (including phenoxy) is 2. The van der Waals surface area contributed by atoms with Gasteiger partial charge in [-0.3, -0.25) is 0 Å². The third-order valence-electron chi connectivity index (χ3n) is 5.65. The Labute approximate surface area is 126 Å². The molecular formula is C18H25NO2. The van der Waals surface area contributed by atoms with E-state index in [1.54, 1.807) is 0 Å².